The number of aliphatic hydroxyl groups is 3. The van der Waals surface area contributed by atoms with Gasteiger partial charge in [0.2, 0.25) is 0 Å². The molecule has 0 bridgehead atoms. The van der Waals surface area contributed by atoms with Crippen molar-refractivity contribution in [2.75, 3.05) is 0 Å². The fourth-order valence-corrected chi connectivity index (χ4v) is 5.45. The highest BCUT2D eigenvalue weighted by Crippen LogP contribution is 2.53. The van der Waals surface area contributed by atoms with Gasteiger partial charge in [0.15, 0.2) is 6.29 Å². The Morgan fingerprint density at radius 3 is 2.64 bits per heavy atom. The van der Waals surface area contributed by atoms with Crippen molar-refractivity contribution < 1.29 is 34.3 Å². The number of rotatable bonds is 2. The van der Waals surface area contributed by atoms with E-state index in [1.165, 1.54) is 5.57 Å². The maximum Gasteiger partial charge on any atom is 0.334 e. The summed E-state index contributed by atoms with van der Waals surface area (Å²) in [5, 5.41) is 30.4. The number of hydrogen-bond acceptors (Lipinski definition) is 7. The van der Waals surface area contributed by atoms with Crippen LogP contribution in [0.4, 0.5) is 0 Å². The number of carbonyl (C=O) groups is 1. The number of aliphatic hydroxyl groups excluding tert-OH is 3. The summed E-state index contributed by atoms with van der Waals surface area (Å²) >= 11 is 0. The van der Waals surface area contributed by atoms with Crippen molar-refractivity contribution in [3.63, 3.8) is 0 Å². The van der Waals surface area contributed by atoms with Crippen molar-refractivity contribution in [3.8, 4) is 0 Å². The molecule has 7 heteroatoms. The quantitative estimate of drug-likeness (QED) is 0.365. The van der Waals surface area contributed by atoms with Crippen LogP contribution in [0.15, 0.2) is 23.8 Å². The molecule has 0 spiro atoms. The third kappa shape index (κ3) is 3.04. The first-order valence-corrected chi connectivity index (χ1v) is 10.1. The lowest BCUT2D eigenvalue weighted by Crippen LogP contribution is -2.59. The van der Waals surface area contributed by atoms with Gasteiger partial charge in [0.05, 0.1) is 11.7 Å². The van der Waals surface area contributed by atoms with Crippen molar-refractivity contribution in [1.82, 2.24) is 0 Å². The summed E-state index contributed by atoms with van der Waals surface area (Å²) in [6.07, 6.45) is -1.32. The van der Waals surface area contributed by atoms with Gasteiger partial charge in [-0.2, -0.15) is 0 Å². The van der Waals surface area contributed by atoms with Gasteiger partial charge in [-0.05, 0) is 57.9 Å². The third-order valence-corrected chi connectivity index (χ3v) is 7.28. The lowest BCUT2D eigenvalue weighted by Gasteiger charge is -2.44. The van der Waals surface area contributed by atoms with Crippen LogP contribution in [0.5, 0.6) is 0 Å². The fraction of sp³-hybridized carbons (Fsp3) is 0.762. The highest BCUT2D eigenvalue weighted by Gasteiger charge is 2.54. The molecule has 7 nitrogen and oxygen atoms in total. The molecule has 156 valence electrons. The van der Waals surface area contributed by atoms with Crippen LogP contribution in [0.3, 0.4) is 0 Å². The Morgan fingerprint density at radius 1 is 1.21 bits per heavy atom. The van der Waals surface area contributed by atoms with E-state index in [4.69, 9.17) is 14.2 Å². The zero-order valence-corrected chi connectivity index (χ0v) is 16.6. The second-order valence-corrected chi connectivity index (χ2v) is 9.01. The Balaban J connectivity index is 1.58. The Hall–Kier alpha value is -1.25. The SMILES string of the molecule is C=C1C(=O)O[C@@H]2C=C(C)[C@H]3CC[C@@](C)(OC4O[C@@H](C)[C@H](O)[C@@H](O)[C@H]4O)[C@@H]3C[C@H]12. The van der Waals surface area contributed by atoms with Crippen LogP contribution >= 0.6 is 0 Å². The van der Waals surface area contributed by atoms with Crippen molar-refractivity contribution in [3.05, 3.63) is 23.8 Å². The molecule has 0 aromatic heterocycles. The largest absolute Gasteiger partial charge is 0.454 e. The normalized spacial score (nSPS) is 51.2. The smallest absolute Gasteiger partial charge is 0.334 e. The van der Waals surface area contributed by atoms with Crippen molar-refractivity contribution in [2.45, 2.75) is 82.4 Å². The van der Waals surface area contributed by atoms with Crippen molar-refractivity contribution in [2.24, 2.45) is 17.8 Å². The number of carbonyl (C=O) groups excluding carboxylic acids is 1. The average Bonchev–Trinajstić information content (AvgIpc) is 3.04. The lowest BCUT2D eigenvalue weighted by atomic mass is 9.78. The van der Waals surface area contributed by atoms with Gasteiger partial charge in [0, 0.05) is 11.5 Å². The summed E-state index contributed by atoms with van der Waals surface area (Å²) in [6, 6.07) is 0. The molecule has 10 atom stereocenters. The first-order valence-electron chi connectivity index (χ1n) is 10.1. The van der Waals surface area contributed by atoms with Gasteiger partial charge in [-0.1, -0.05) is 12.2 Å². The average molecular weight is 394 g/mol. The van der Waals surface area contributed by atoms with Crippen LogP contribution in [-0.2, 0) is 19.0 Å². The van der Waals surface area contributed by atoms with Gasteiger partial charge in [-0.3, -0.25) is 0 Å². The minimum Gasteiger partial charge on any atom is -0.454 e. The maximum atomic E-state index is 12.0. The number of hydrogen-bond donors (Lipinski definition) is 3. The fourth-order valence-electron chi connectivity index (χ4n) is 5.45. The standard InChI is InChI=1S/C21H30O7/c1-9-7-15-13(10(2)19(25)27-15)8-14-12(9)5-6-21(14,4)28-20-18(24)17(23)16(22)11(3)26-20/h7,11-18,20,22-24H,2,5-6,8H2,1,3-4H3/t11-,12+,13+,14+,15+,16-,17+,18+,20?,21+/m0/s1. The van der Waals surface area contributed by atoms with E-state index in [2.05, 4.69) is 13.5 Å². The maximum absolute atomic E-state index is 12.0. The molecular weight excluding hydrogens is 364 g/mol. The number of allylic oxidation sites excluding steroid dienone is 1. The molecule has 28 heavy (non-hydrogen) atoms. The molecule has 2 aliphatic heterocycles. The summed E-state index contributed by atoms with van der Waals surface area (Å²) in [5.41, 5.74) is 1.08. The molecule has 0 aromatic carbocycles. The summed E-state index contributed by atoms with van der Waals surface area (Å²) in [5.74, 6) is -0.0343. The van der Waals surface area contributed by atoms with Gasteiger partial charge in [-0.15, -0.1) is 0 Å². The molecule has 1 unspecified atom stereocenters. The van der Waals surface area contributed by atoms with Crippen LogP contribution in [0.1, 0.15) is 40.0 Å². The van der Waals surface area contributed by atoms with Gasteiger partial charge in [-0.25, -0.2) is 4.79 Å². The van der Waals surface area contributed by atoms with E-state index < -0.39 is 36.3 Å². The van der Waals surface area contributed by atoms with E-state index in [1.54, 1.807) is 6.92 Å². The molecule has 0 aromatic rings. The van der Waals surface area contributed by atoms with Gasteiger partial charge in [0.1, 0.15) is 24.4 Å². The van der Waals surface area contributed by atoms with E-state index in [0.717, 1.165) is 12.8 Å². The van der Waals surface area contributed by atoms with E-state index >= 15 is 0 Å². The molecule has 2 saturated heterocycles. The summed E-state index contributed by atoms with van der Waals surface area (Å²) in [4.78, 5) is 12.0. The molecule has 4 aliphatic rings. The number of ether oxygens (including phenoxy) is 3. The van der Waals surface area contributed by atoms with Crippen LogP contribution in [-0.4, -0.2) is 63.7 Å². The molecule has 3 fully saturated rings. The number of fused-ring (bicyclic) bond motifs is 2. The highest BCUT2D eigenvalue weighted by atomic mass is 16.7. The minimum absolute atomic E-state index is 0.0815. The molecule has 4 rings (SSSR count). The van der Waals surface area contributed by atoms with Crippen LogP contribution in [0, 0.1) is 17.8 Å². The third-order valence-electron chi connectivity index (χ3n) is 7.28. The first-order chi connectivity index (χ1) is 13.1. The summed E-state index contributed by atoms with van der Waals surface area (Å²) < 4.78 is 17.5. The summed E-state index contributed by atoms with van der Waals surface area (Å²) in [6.45, 7) is 9.65. The molecule has 2 aliphatic carbocycles. The molecule has 2 heterocycles. The Morgan fingerprint density at radius 2 is 1.93 bits per heavy atom. The minimum atomic E-state index is -1.33. The zero-order valence-electron chi connectivity index (χ0n) is 16.6. The van der Waals surface area contributed by atoms with E-state index in [0.29, 0.717) is 12.0 Å². The highest BCUT2D eigenvalue weighted by molar-refractivity contribution is 5.91. The zero-order chi connectivity index (χ0) is 20.4. The Bertz CT molecular complexity index is 703. The van der Waals surface area contributed by atoms with E-state index in [1.807, 2.05) is 13.0 Å². The van der Waals surface area contributed by atoms with Gasteiger partial charge < -0.3 is 29.5 Å². The van der Waals surface area contributed by atoms with Crippen molar-refractivity contribution in [1.29, 1.82) is 0 Å². The molecule has 0 amide bonds. The van der Waals surface area contributed by atoms with Crippen LogP contribution in [0.2, 0.25) is 0 Å². The predicted molar refractivity (Wildman–Crippen MR) is 98.9 cm³/mol. The number of esters is 1. The van der Waals surface area contributed by atoms with Crippen LogP contribution < -0.4 is 0 Å². The first kappa shape index (κ1) is 20.0. The van der Waals surface area contributed by atoms with Gasteiger partial charge >= 0.3 is 5.97 Å². The Labute approximate surface area is 165 Å². The molecule has 1 saturated carbocycles. The van der Waals surface area contributed by atoms with Crippen molar-refractivity contribution >= 4 is 5.97 Å². The topological polar surface area (TPSA) is 105 Å². The van der Waals surface area contributed by atoms with Crippen LogP contribution in [0.25, 0.3) is 0 Å². The van der Waals surface area contributed by atoms with Gasteiger partial charge in [0.25, 0.3) is 0 Å². The van der Waals surface area contributed by atoms with E-state index in [-0.39, 0.29) is 29.8 Å². The lowest BCUT2D eigenvalue weighted by molar-refractivity contribution is -0.323. The van der Waals surface area contributed by atoms with E-state index in [9.17, 15) is 20.1 Å². The predicted octanol–water partition coefficient (Wildman–Crippen LogP) is 1.06. The second-order valence-electron chi connectivity index (χ2n) is 9.01. The molecular formula is C21H30O7. The Kier molecular flexibility index (Phi) is 4.95. The summed E-state index contributed by atoms with van der Waals surface area (Å²) in [7, 11) is 0. The molecule has 0 radical (unpaired) electrons. The monoisotopic (exact) mass is 394 g/mol. The molecule has 3 N–H and O–H groups in total. The second kappa shape index (κ2) is 6.92.